The van der Waals surface area contributed by atoms with Crippen LogP contribution in [0.1, 0.15) is 21.6 Å². The highest BCUT2D eigenvalue weighted by atomic mass is 16.3. The van der Waals surface area contributed by atoms with Gasteiger partial charge in [-0.1, -0.05) is 24.3 Å². The quantitative estimate of drug-likeness (QED) is 0.575. The standard InChI is InChI=1S/C24H19N3O2/c28-22-8-7-19(16-9-12-25-13-10-16)23-20(22)15-27(24(23)29)14-11-18-6-5-17-3-1-2-4-21(17)26-18/h1-10,12-13,28H,11,14-15H2. The zero-order chi connectivity index (χ0) is 19.8. The number of para-hydroxylation sites is 1. The van der Waals surface area contributed by atoms with Gasteiger partial charge in [0.25, 0.3) is 5.91 Å². The van der Waals surface area contributed by atoms with Crippen molar-refractivity contribution in [1.29, 1.82) is 0 Å². The summed E-state index contributed by atoms with van der Waals surface area (Å²) in [7, 11) is 0. The number of rotatable bonds is 4. The zero-order valence-electron chi connectivity index (χ0n) is 15.7. The van der Waals surface area contributed by atoms with Gasteiger partial charge in [-0.3, -0.25) is 14.8 Å². The van der Waals surface area contributed by atoms with Crippen molar-refractivity contribution in [3.63, 3.8) is 0 Å². The molecule has 0 bridgehead atoms. The predicted molar refractivity (Wildman–Crippen MR) is 112 cm³/mol. The SMILES string of the molecule is O=C1c2c(-c3ccncc3)ccc(O)c2CN1CCc1ccc2ccccc2n1. The Hall–Kier alpha value is -3.73. The Bertz CT molecular complexity index is 1220. The summed E-state index contributed by atoms with van der Waals surface area (Å²) in [6.45, 7) is 0.959. The molecule has 142 valence electrons. The first-order chi connectivity index (χ1) is 14.2. The molecule has 1 aliphatic rings. The summed E-state index contributed by atoms with van der Waals surface area (Å²) in [5, 5.41) is 11.4. The van der Waals surface area contributed by atoms with Crippen molar-refractivity contribution in [1.82, 2.24) is 14.9 Å². The van der Waals surface area contributed by atoms with Crippen LogP contribution in [0.15, 0.2) is 73.1 Å². The summed E-state index contributed by atoms with van der Waals surface area (Å²) >= 11 is 0. The van der Waals surface area contributed by atoms with Crippen LogP contribution in [0.3, 0.4) is 0 Å². The van der Waals surface area contributed by atoms with E-state index in [2.05, 4.69) is 11.1 Å². The fourth-order valence-corrected chi connectivity index (χ4v) is 3.91. The minimum atomic E-state index is -0.0523. The van der Waals surface area contributed by atoms with Crippen LogP contribution in [0.2, 0.25) is 0 Å². The summed E-state index contributed by atoms with van der Waals surface area (Å²) in [6, 6.07) is 19.3. The van der Waals surface area contributed by atoms with Gasteiger partial charge in [-0.2, -0.15) is 0 Å². The number of phenols is 1. The average molecular weight is 381 g/mol. The first-order valence-corrected chi connectivity index (χ1v) is 9.60. The second-order valence-electron chi connectivity index (χ2n) is 7.19. The van der Waals surface area contributed by atoms with Crippen LogP contribution in [0.5, 0.6) is 5.75 Å². The number of fused-ring (bicyclic) bond motifs is 2. The van der Waals surface area contributed by atoms with Gasteiger partial charge in [0, 0.05) is 42.0 Å². The molecule has 1 aliphatic heterocycles. The second kappa shape index (κ2) is 7.02. The number of phenolic OH excluding ortho intramolecular Hbond substituents is 1. The molecule has 2 aromatic carbocycles. The maximum absolute atomic E-state index is 13.2. The van der Waals surface area contributed by atoms with Crippen molar-refractivity contribution in [3.05, 3.63) is 89.9 Å². The molecule has 1 amide bonds. The van der Waals surface area contributed by atoms with Crippen LogP contribution >= 0.6 is 0 Å². The van der Waals surface area contributed by atoms with Crippen LogP contribution in [0.25, 0.3) is 22.0 Å². The van der Waals surface area contributed by atoms with Crippen molar-refractivity contribution in [2.24, 2.45) is 0 Å². The Balaban J connectivity index is 1.41. The van der Waals surface area contributed by atoms with Gasteiger partial charge < -0.3 is 10.0 Å². The van der Waals surface area contributed by atoms with E-state index in [1.807, 2.05) is 42.5 Å². The lowest BCUT2D eigenvalue weighted by molar-refractivity contribution is 0.0780. The van der Waals surface area contributed by atoms with Crippen molar-refractivity contribution in [2.75, 3.05) is 6.54 Å². The molecule has 4 aromatic rings. The lowest BCUT2D eigenvalue weighted by atomic mass is 9.97. The second-order valence-corrected chi connectivity index (χ2v) is 7.19. The molecule has 29 heavy (non-hydrogen) atoms. The number of benzene rings is 2. The van der Waals surface area contributed by atoms with Gasteiger partial charge in [0.05, 0.1) is 17.6 Å². The third-order valence-electron chi connectivity index (χ3n) is 5.42. The van der Waals surface area contributed by atoms with Gasteiger partial charge >= 0.3 is 0 Å². The molecular formula is C24H19N3O2. The molecule has 0 atom stereocenters. The molecule has 0 radical (unpaired) electrons. The molecule has 5 rings (SSSR count). The van der Waals surface area contributed by atoms with Crippen LogP contribution in [0.4, 0.5) is 0 Å². The number of hydrogen-bond donors (Lipinski definition) is 1. The Morgan fingerprint density at radius 3 is 2.66 bits per heavy atom. The Morgan fingerprint density at radius 1 is 0.966 bits per heavy atom. The number of aromatic hydroxyl groups is 1. The number of amides is 1. The maximum atomic E-state index is 13.2. The number of nitrogens with zero attached hydrogens (tertiary/aromatic N) is 3. The summed E-state index contributed by atoms with van der Waals surface area (Å²) in [5.74, 6) is 0.112. The van der Waals surface area contributed by atoms with Crippen LogP contribution in [-0.4, -0.2) is 32.4 Å². The fraction of sp³-hybridized carbons (Fsp3) is 0.125. The highest BCUT2D eigenvalue weighted by molar-refractivity contribution is 6.05. The normalized spacial score (nSPS) is 13.1. The summed E-state index contributed by atoms with van der Waals surface area (Å²) in [6.07, 6.45) is 4.07. The van der Waals surface area contributed by atoms with E-state index in [0.29, 0.717) is 30.6 Å². The summed E-state index contributed by atoms with van der Waals surface area (Å²) < 4.78 is 0. The van der Waals surface area contributed by atoms with Crippen LogP contribution in [0, 0.1) is 0 Å². The van der Waals surface area contributed by atoms with E-state index in [4.69, 9.17) is 4.98 Å². The van der Waals surface area contributed by atoms with E-state index in [0.717, 1.165) is 27.7 Å². The number of aromatic nitrogens is 2. The summed E-state index contributed by atoms with van der Waals surface area (Å²) in [5.41, 5.74) is 4.93. The van der Waals surface area contributed by atoms with Gasteiger partial charge in [-0.05, 0) is 47.5 Å². The maximum Gasteiger partial charge on any atom is 0.255 e. The monoisotopic (exact) mass is 381 g/mol. The number of carbonyl (C=O) groups is 1. The van der Waals surface area contributed by atoms with E-state index in [1.165, 1.54) is 0 Å². The van der Waals surface area contributed by atoms with Gasteiger partial charge in [-0.25, -0.2) is 0 Å². The molecule has 0 saturated heterocycles. The minimum absolute atomic E-state index is 0.0523. The average Bonchev–Trinajstić information content (AvgIpc) is 3.10. The highest BCUT2D eigenvalue weighted by Crippen LogP contribution is 2.37. The molecule has 5 heteroatoms. The molecule has 5 nitrogen and oxygen atoms in total. The number of hydrogen-bond acceptors (Lipinski definition) is 4. The molecule has 0 saturated carbocycles. The van der Waals surface area contributed by atoms with Crippen molar-refractivity contribution in [3.8, 4) is 16.9 Å². The molecule has 2 aromatic heterocycles. The molecule has 0 unspecified atom stereocenters. The minimum Gasteiger partial charge on any atom is -0.508 e. The Morgan fingerprint density at radius 2 is 1.79 bits per heavy atom. The first-order valence-electron chi connectivity index (χ1n) is 9.60. The lowest BCUT2D eigenvalue weighted by Crippen LogP contribution is -2.26. The zero-order valence-corrected chi connectivity index (χ0v) is 15.7. The van der Waals surface area contributed by atoms with E-state index in [1.54, 1.807) is 29.4 Å². The van der Waals surface area contributed by atoms with E-state index in [9.17, 15) is 9.90 Å². The third-order valence-corrected chi connectivity index (χ3v) is 5.42. The molecular weight excluding hydrogens is 362 g/mol. The lowest BCUT2D eigenvalue weighted by Gasteiger charge is -2.15. The Kier molecular flexibility index (Phi) is 4.21. The molecule has 0 aliphatic carbocycles. The van der Waals surface area contributed by atoms with Gasteiger partial charge in [-0.15, -0.1) is 0 Å². The highest BCUT2D eigenvalue weighted by Gasteiger charge is 2.32. The fourth-order valence-electron chi connectivity index (χ4n) is 3.91. The predicted octanol–water partition coefficient (Wildman–Crippen LogP) is 4.20. The van der Waals surface area contributed by atoms with Crippen LogP contribution < -0.4 is 0 Å². The largest absolute Gasteiger partial charge is 0.508 e. The van der Waals surface area contributed by atoms with Crippen molar-refractivity contribution >= 4 is 16.8 Å². The van der Waals surface area contributed by atoms with Crippen molar-refractivity contribution in [2.45, 2.75) is 13.0 Å². The van der Waals surface area contributed by atoms with E-state index in [-0.39, 0.29) is 11.7 Å². The van der Waals surface area contributed by atoms with Crippen molar-refractivity contribution < 1.29 is 9.90 Å². The smallest absolute Gasteiger partial charge is 0.255 e. The number of carbonyl (C=O) groups excluding carboxylic acids is 1. The van der Waals surface area contributed by atoms with E-state index < -0.39 is 0 Å². The third kappa shape index (κ3) is 3.10. The molecule has 3 heterocycles. The van der Waals surface area contributed by atoms with Gasteiger partial charge in [0.2, 0.25) is 0 Å². The topological polar surface area (TPSA) is 66.3 Å². The van der Waals surface area contributed by atoms with Crippen LogP contribution in [-0.2, 0) is 13.0 Å². The number of pyridine rings is 2. The molecule has 0 fully saturated rings. The van der Waals surface area contributed by atoms with E-state index >= 15 is 0 Å². The van der Waals surface area contributed by atoms with Gasteiger partial charge in [0.15, 0.2) is 0 Å². The van der Waals surface area contributed by atoms with Gasteiger partial charge in [0.1, 0.15) is 5.75 Å². The molecule has 1 N–H and O–H groups in total. The first kappa shape index (κ1) is 17.4. The Labute approximate surface area is 168 Å². The molecule has 0 spiro atoms. The summed E-state index contributed by atoms with van der Waals surface area (Å²) in [4.78, 5) is 23.7.